The summed E-state index contributed by atoms with van der Waals surface area (Å²) in [4.78, 5) is 0. The van der Waals surface area contributed by atoms with Crippen molar-refractivity contribution in [1.82, 2.24) is 0 Å². The molecule has 1 heteroatoms. The van der Waals surface area contributed by atoms with Gasteiger partial charge in [0.25, 0.3) is 0 Å². The van der Waals surface area contributed by atoms with Crippen molar-refractivity contribution in [3.63, 3.8) is 0 Å². The molecule has 0 aliphatic rings. The lowest BCUT2D eigenvalue weighted by Crippen LogP contribution is -2.33. The zero-order valence-corrected chi connectivity index (χ0v) is 16.6. The van der Waals surface area contributed by atoms with E-state index >= 15 is 0 Å². The van der Waals surface area contributed by atoms with Crippen LogP contribution in [0.15, 0.2) is 72.8 Å². The van der Waals surface area contributed by atoms with E-state index in [1.165, 1.54) is 40.0 Å². The smallest absolute Gasteiger partial charge is 0.0675 e. The topological polar surface area (TPSA) is 0 Å². The quantitative estimate of drug-likeness (QED) is 0.322. The van der Waals surface area contributed by atoms with Crippen LogP contribution in [0.3, 0.4) is 0 Å². The predicted molar refractivity (Wildman–Crippen MR) is 115 cm³/mol. The summed E-state index contributed by atoms with van der Waals surface area (Å²) in [6, 6.07) is 30.3. The van der Waals surface area contributed by atoms with E-state index in [0.29, 0.717) is 0 Å². The van der Waals surface area contributed by atoms with E-state index in [1.54, 1.807) is 5.20 Å². The molecule has 0 aliphatic heterocycles. The fourth-order valence-electron chi connectivity index (χ4n) is 4.01. The maximum atomic E-state index is 2.48. The maximum Gasteiger partial charge on any atom is 0.0867 e. The van der Waals surface area contributed by atoms with Gasteiger partial charge in [-0.2, -0.15) is 0 Å². The van der Waals surface area contributed by atoms with Crippen LogP contribution in [0.5, 0.6) is 0 Å². The van der Waals surface area contributed by atoms with Gasteiger partial charge in [-0.25, -0.2) is 0 Å². The third-order valence-electron chi connectivity index (χ3n) is 5.79. The molecule has 0 unspecified atom stereocenters. The Kier molecular flexibility index (Phi) is 5.55. The average molecular weight is 345 g/mol. The second kappa shape index (κ2) is 7.84. The van der Waals surface area contributed by atoms with E-state index in [9.17, 15) is 0 Å². The molecule has 3 aromatic rings. The summed E-state index contributed by atoms with van der Waals surface area (Å²) in [6.45, 7) is 7.18. The third kappa shape index (κ3) is 3.47. The van der Waals surface area contributed by atoms with Crippen LogP contribution < -0.4 is 0 Å². The van der Waals surface area contributed by atoms with Gasteiger partial charge in [0.2, 0.25) is 0 Å². The summed E-state index contributed by atoms with van der Waals surface area (Å²) in [5.74, 6) is 0. The highest BCUT2D eigenvalue weighted by Crippen LogP contribution is 2.39. The predicted octanol–water partition coefficient (Wildman–Crippen LogP) is 7.43. The fraction of sp³-hybridized carbons (Fsp3) is 0.250. The van der Waals surface area contributed by atoms with Gasteiger partial charge in [-0.1, -0.05) is 123 Å². The second-order valence-corrected chi connectivity index (χ2v) is 12.1. The van der Waals surface area contributed by atoms with Crippen LogP contribution in [0, 0.1) is 0 Å². The Balaban J connectivity index is 2.29. The lowest BCUT2D eigenvalue weighted by Gasteiger charge is -2.32. The van der Waals surface area contributed by atoms with E-state index in [-0.39, 0.29) is 0 Å². The molecular weight excluding hydrogens is 316 g/mol. The van der Waals surface area contributed by atoms with Crippen LogP contribution in [-0.2, 0) is 0 Å². The number of hydrogen-bond acceptors (Lipinski definition) is 0. The molecule has 0 radical (unpaired) electrons. The third-order valence-corrected chi connectivity index (χ3v) is 11.4. The van der Waals surface area contributed by atoms with Crippen molar-refractivity contribution >= 4 is 30.1 Å². The zero-order chi connectivity index (χ0) is 17.7. The molecule has 25 heavy (non-hydrogen) atoms. The fourth-order valence-corrected chi connectivity index (χ4v) is 7.92. The molecule has 3 aromatic carbocycles. The van der Waals surface area contributed by atoms with E-state index in [4.69, 9.17) is 0 Å². The molecule has 0 spiro atoms. The average Bonchev–Trinajstić information content (AvgIpc) is 2.69. The molecule has 0 bridgehead atoms. The van der Waals surface area contributed by atoms with Gasteiger partial charge in [0.15, 0.2) is 0 Å². The molecule has 0 saturated heterocycles. The van der Waals surface area contributed by atoms with Gasteiger partial charge in [-0.05, 0) is 21.9 Å². The standard InChI is InChI=1S/C24H28Si/c1-4-25(5-2,6-3)24(19-20-13-8-7-9-14-20)23-18-12-16-21-15-10-11-17-22(21)23/h7-19H,4-6H2,1-3H3/b24-19+. The summed E-state index contributed by atoms with van der Waals surface area (Å²) < 4.78 is 0. The molecular formula is C24H28Si. The molecule has 0 heterocycles. The van der Waals surface area contributed by atoms with E-state index in [2.05, 4.69) is 99.6 Å². The minimum atomic E-state index is -1.53. The van der Waals surface area contributed by atoms with Gasteiger partial charge in [0, 0.05) is 0 Å². The summed E-state index contributed by atoms with van der Waals surface area (Å²) in [7, 11) is -1.53. The molecule has 0 N–H and O–H groups in total. The molecule has 0 nitrogen and oxygen atoms in total. The summed E-state index contributed by atoms with van der Waals surface area (Å²) >= 11 is 0. The number of hydrogen-bond donors (Lipinski definition) is 0. The first-order valence-corrected chi connectivity index (χ1v) is 12.1. The van der Waals surface area contributed by atoms with Crippen LogP contribution in [0.4, 0.5) is 0 Å². The highest BCUT2D eigenvalue weighted by Gasteiger charge is 2.32. The first kappa shape index (κ1) is 17.7. The van der Waals surface area contributed by atoms with Crippen LogP contribution in [0.1, 0.15) is 31.9 Å². The second-order valence-electron chi connectivity index (χ2n) is 6.84. The largest absolute Gasteiger partial charge is 0.0867 e. The first-order chi connectivity index (χ1) is 12.2. The lowest BCUT2D eigenvalue weighted by atomic mass is 10.0. The van der Waals surface area contributed by atoms with Crippen molar-refractivity contribution in [2.24, 2.45) is 0 Å². The SMILES string of the molecule is CC[Si](CC)(CC)/C(=C/c1ccccc1)c1cccc2ccccc12. The highest BCUT2D eigenvalue weighted by atomic mass is 28.3. The van der Waals surface area contributed by atoms with Gasteiger partial charge in [0.05, 0.1) is 8.07 Å². The maximum absolute atomic E-state index is 2.48. The van der Waals surface area contributed by atoms with E-state index < -0.39 is 8.07 Å². The van der Waals surface area contributed by atoms with Crippen LogP contribution in [0.2, 0.25) is 18.1 Å². The van der Waals surface area contributed by atoms with E-state index in [0.717, 1.165) is 0 Å². The van der Waals surface area contributed by atoms with Crippen molar-refractivity contribution in [2.75, 3.05) is 0 Å². The molecule has 0 aliphatic carbocycles. The first-order valence-electron chi connectivity index (χ1n) is 9.49. The van der Waals surface area contributed by atoms with E-state index in [1.807, 2.05) is 0 Å². The molecule has 0 amide bonds. The van der Waals surface area contributed by atoms with Crippen molar-refractivity contribution < 1.29 is 0 Å². The Morgan fingerprint density at radius 3 is 2.00 bits per heavy atom. The van der Waals surface area contributed by atoms with Gasteiger partial charge in [-0.15, -0.1) is 0 Å². The van der Waals surface area contributed by atoms with Crippen molar-refractivity contribution in [1.29, 1.82) is 0 Å². The monoisotopic (exact) mass is 344 g/mol. The van der Waals surface area contributed by atoms with Gasteiger partial charge >= 0.3 is 0 Å². The van der Waals surface area contributed by atoms with Crippen LogP contribution in [0.25, 0.3) is 22.0 Å². The highest BCUT2D eigenvalue weighted by molar-refractivity contribution is 6.97. The Bertz CT molecular complexity index is 844. The minimum absolute atomic E-state index is 1.29. The minimum Gasteiger partial charge on any atom is -0.0675 e. The normalized spacial score (nSPS) is 12.5. The van der Waals surface area contributed by atoms with Gasteiger partial charge in [0.1, 0.15) is 0 Å². The van der Waals surface area contributed by atoms with Crippen LogP contribution in [-0.4, -0.2) is 8.07 Å². The lowest BCUT2D eigenvalue weighted by molar-refractivity contribution is 1.20. The van der Waals surface area contributed by atoms with Crippen molar-refractivity contribution in [2.45, 2.75) is 38.9 Å². The molecule has 0 aromatic heterocycles. The Hall–Kier alpha value is -2.12. The molecule has 0 atom stereocenters. The Morgan fingerprint density at radius 2 is 1.32 bits per heavy atom. The van der Waals surface area contributed by atoms with Gasteiger partial charge < -0.3 is 0 Å². The summed E-state index contributed by atoms with van der Waals surface area (Å²) in [5.41, 5.74) is 2.76. The number of benzene rings is 3. The Morgan fingerprint density at radius 1 is 0.720 bits per heavy atom. The summed E-state index contributed by atoms with van der Waals surface area (Å²) in [6.07, 6.45) is 2.48. The van der Waals surface area contributed by atoms with Crippen molar-refractivity contribution in [3.05, 3.63) is 83.9 Å². The van der Waals surface area contributed by atoms with Gasteiger partial charge in [-0.3, -0.25) is 0 Å². The summed E-state index contributed by atoms with van der Waals surface area (Å²) in [5, 5.41) is 4.34. The van der Waals surface area contributed by atoms with Crippen LogP contribution >= 0.6 is 0 Å². The van der Waals surface area contributed by atoms with Crippen molar-refractivity contribution in [3.8, 4) is 0 Å². The number of rotatable bonds is 6. The number of fused-ring (bicyclic) bond motifs is 1. The molecule has 0 fully saturated rings. The molecule has 128 valence electrons. The Labute approximate surface area is 153 Å². The molecule has 0 saturated carbocycles. The zero-order valence-electron chi connectivity index (χ0n) is 15.6. The molecule has 3 rings (SSSR count).